The van der Waals surface area contributed by atoms with Crippen LogP contribution in [0.25, 0.3) is 0 Å². The van der Waals surface area contributed by atoms with Crippen molar-refractivity contribution in [2.75, 3.05) is 11.4 Å². The minimum absolute atomic E-state index is 0.497. The van der Waals surface area contributed by atoms with Gasteiger partial charge in [-0.1, -0.05) is 37.2 Å². The van der Waals surface area contributed by atoms with Crippen LogP contribution in [0.4, 0.5) is 5.69 Å². The van der Waals surface area contributed by atoms with Crippen molar-refractivity contribution >= 4 is 22.9 Å². The second kappa shape index (κ2) is 5.50. The van der Waals surface area contributed by atoms with Crippen LogP contribution in [-0.4, -0.2) is 17.6 Å². The highest BCUT2D eigenvalue weighted by Gasteiger charge is 2.19. The molecule has 1 unspecified atom stereocenters. The van der Waals surface area contributed by atoms with E-state index in [1.54, 1.807) is 0 Å². The van der Waals surface area contributed by atoms with E-state index in [1.165, 1.54) is 31.4 Å². The summed E-state index contributed by atoms with van der Waals surface area (Å²) in [4.78, 5) is 2.96. The highest BCUT2D eigenvalue weighted by Crippen LogP contribution is 2.27. The van der Waals surface area contributed by atoms with Crippen LogP contribution in [0.2, 0.25) is 0 Å². The minimum Gasteiger partial charge on any atom is -0.389 e. The van der Waals surface area contributed by atoms with Gasteiger partial charge in [0.1, 0.15) is 4.99 Å². The molecule has 1 aliphatic heterocycles. The first-order valence-electron chi connectivity index (χ1n) is 6.35. The summed E-state index contributed by atoms with van der Waals surface area (Å²) in [6.07, 6.45) is 5.17. The topological polar surface area (TPSA) is 29.3 Å². The lowest BCUT2D eigenvalue weighted by Gasteiger charge is -2.31. The molecule has 1 aromatic carbocycles. The first kappa shape index (κ1) is 12.4. The van der Waals surface area contributed by atoms with Crippen LogP contribution in [0.15, 0.2) is 24.3 Å². The molecule has 2 nitrogen and oxygen atoms in total. The zero-order chi connectivity index (χ0) is 12.3. The molecular weight excluding hydrogens is 228 g/mol. The number of thiocarbonyl (C=S) groups is 1. The SMILES string of the molecule is CC1CCCCCN1c1ccccc1C(N)=S. The molecule has 0 amide bonds. The maximum absolute atomic E-state index is 5.81. The van der Waals surface area contributed by atoms with Crippen LogP contribution in [0.3, 0.4) is 0 Å². The molecule has 1 aromatic rings. The smallest absolute Gasteiger partial charge is 0.106 e. The van der Waals surface area contributed by atoms with Gasteiger partial charge in [-0.2, -0.15) is 0 Å². The Kier molecular flexibility index (Phi) is 4.00. The number of rotatable bonds is 2. The number of anilines is 1. The number of nitrogens with two attached hydrogens (primary N) is 1. The number of para-hydroxylation sites is 1. The fraction of sp³-hybridized carbons (Fsp3) is 0.500. The molecule has 0 radical (unpaired) electrons. The third kappa shape index (κ3) is 2.78. The van der Waals surface area contributed by atoms with E-state index in [1.807, 2.05) is 12.1 Å². The monoisotopic (exact) mass is 248 g/mol. The molecule has 0 spiro atoms. The molecule has 17 heavy (non-hydrogen) atoms. The second-order valence-corrected chi connectivity index (χ2v) is 5.21. The van der Waals surface area contributed by atoms with Gasteiger partial charge in [-0.05, 0) is 31.9 Å². The van der Waals surface area contributed by atoms with Crippen molar-refractivity contribution < 1.29 is 0 Å². The van der Waals surface area contributed by atoms with Gasteiger partial charge in [0.05, 0.1) is 0 Å². The molecule has 2 N–H and O–H groups in total. The number of hydrogen-bond donors (Lipinski definition) is 1. The molecule has 1 aliphatic rings. The zero-order valence-electron chi connectivity index (χ0n) is 10.4. The van der Waals surface area contributed by atoms with Crippen molar-refractivity contribution in [3.8, 4) is 0 Å². The predicted octanol–water partition coefficient (Wildman–Crippen LogP) is 3.09. The van der Waals surface area contributed by atoms with Crippen LogP contribution in [0, 0.1) is 0 Å². The van der Waals surface area contributed by atoms with Gasteiger partial charge in [-0.3, -0.25) is 0 Å². The van der Waals surface area contributed by atoms with Crippen molar-refractivity contribution in [2.45, 2.75) is 38.6 Å². The van der Waals surface area contributed by atoms with E-state index in [-0.39, 0.29) is 0 Å². The van der Waals surface area contributed by atoms with Crippen molar-refractivity contribution in [1.82, 2.24) is 0 Å². The van der Waals surface area contributed by atoms with Gasteiger partial charge < -0.3 is 10.6 Å². The van der Waals surface area contributed by atoms with Crippen molar-refractivity contribution in [3.05, 3.63) is 29.8 Å². The fourth-order valence-corrected chi connectivity index (χ4v) is 2.74. The molecule has 0 bridgehead atoms. The number of hydrogen-bond acceptors (Lipinski definition) is 2. The average molecular weight is 248 g/mol. The maximum atomic E-state index is 5.81. The van der Waals surface area contributed by atoms with Crippen LogP contribution in [0.5, 0.6) is 0 Å². The Bertz CT molecular complexity index is 403. The summed E-state index contributed by atoms with van der Waals surface area (Å²) in [5.41, 5.74) is 8.02. The van der Waals surface area contributed by atoms with Crippen molar-refractivity contribution in [3.63, 3.8) is 0 Å². The predicted molar refractivity (Wildman–Crippen MR) is 77.6 cm³/mol. The summed E-state index contributed by atoms with van der Waals surface area (Å²) in [6, 6.07) is 8.80. The zero-order valence-corrected chi connectivity index (χ0v) is 11.2. The molecule has 2 rings (SSSR count). The van der Waals surface area contributed by atoms with Crippen molar-refractivity contribution in [2.24, 2.45) is 5.73 Å². The van der Waals surface area contributed by atoms with Crippen LogP contribution in [0.1, 0.15) is 38.2 Å². The molecule has 1 atom stereocenters. The van der Waals surface area contributed by atoms with E-state index in [0.29, 0.717) is 11.0 Å². The molecule has 1 heterocycles. The Labute approximate surface area is 109 Å². The molecule has 0 aromatic heterocycles. The molecule has 0 saturated carbocycles. The summed E-state index contributed by atoms with van der Waals surface area (Å²) in [5, 5.41) is 0. The highest BCUT2D eigenvalue weighted by atomic mass is 32.1. The standard InChI is InChI=1S/C14H20N2S/c1-11-7-3-2-6-10-16(11)13-9-5-4-8-12(13)14(15)17/h4-5,8-9,11H,2-3,6-7,10H2,1H3,(H2,15,17). The lowest BCUT2D eigenvalue weighted by atomic mass is 10.1. The first-order valence-corrected chi connectivity index (χ1v) is 6.76. The summed E-state index contributed by atoms with van der Waals surface area (Å²) in [5.74, 6) is 0. The molecular formula is C14H20N2S. The Morgan fingerprint density at radius 2 is 2.06 bits per heavy atom. The molecule has 3 heteroatoms. The largest absolute Gasteiger partial charge is 0.389 e. The highest BCUT2D eigenvalue weighted by molar-refractivity contribution is 7.80. The third-order valence-corrected chi connectivity index (χ3v) is 3.75. The molecule has 1 saturated heterocycles. The van der Waals surface area contributed by atoms with E-state index >= 15 is 0 Å². The lowest BCUT2D eigenvalue weighted by molar-refractivity contribution is 0.616. The van der Waals surface area contributed by atoms with Gasteiger partial charge in [-0.15, -0.1) is 0 Å². The molecule has 1 fully saturated rings. The third-order valence-electron chi connectivity index (χ3n) is 3.53. The van der Waals surface area contributed by atoms with Crippen molar-refractivity contribution in [1.29, 1.82) is 0 Å². The van der Waals surface area contributed by atoms with E-state index in [4.69, 9.17) is 18.0 Å². The van der Waals surface area contributed by atoms with E-state index in [2.05, 4.69) is 24.0 Å². The molecule has 0 aliphatic carbocycles. The van der Waals surface area contributed by atoms with Gasteiger partial charge >= 0.3 is 0 Å². The number of nitrogens with zero attached hydrogens (tertiary/aromatic N) is 1. The van der Waals surface area contributed by atoms with E-state index < -0.39 is 0 Å². The van der Waals surface area contributed by atoms with Crippen LogP contribution in [-0.2, 0) is 0 Å². The fourth-order valence-electron chi connectivity index (χ4n) is 2.57. The summed E-state index contributed by atoms with van der Waals surface area (Å²) in [6.45, 7) is 3.41. The van der Waals surface area contributed by atoms with E-state index in [0.717, 1.165) is 12.1 Å². The lowest BCUT2D eigenvalue weighted by Crippen LogP contribution is -2.34. The van der Waals surface area contributed by atoms with Gasteiger partial charge in [0, 0.05) is 23.8 Å². The van der Waals surface area contributed by atoms with E-state index in [9.17, 15) is 0 Å². The Morgan fingerprint density at radius 1 is 1.29 bits per heavy atom. The quantitative estimate of drug-likeness (QED) is 0.816. The molecule has 92 valence electrons. The summed E-state index contributed by atoms with van der Waals surface area (Å²) >= 11 is 5.14. The average Bonchev–Trinajstić information content (AvgIpc) is 2.54. The van der Waals surface area contributed by atoms with Gasteiger partial charge in [-0.25, -0.2) is 0 Å². The summed E-state index contributed by atoms with van der Waals surface area (Å²) in [7, 11) is 0. The van der Waals surface area contributed by atoms with Crippen LogP contribution >= 0.6 is 12.2 Å². The Balaban J connectivity index is 2.34. The second-order valence-electron chi connectivity index (χ2n) is 4.77. The minimum atomic E-state index is 0.497. The first-order chi connectivity index (χ1) is 8.20. The maximum Gasteiger partial charge on any atom is 0.106 e. The van der Waals surface area contributed by atoms with Gasteiger partial charge in [0.15, 0.2) is 0 Å². The summed E-state index contributed by atoms with van der Waals surface area (Å²) < 4.78 is 0. The van der Waals surface area contributed by atoms with Gasteiger partial charge in [0.2, 0.25) is 0 Å². The Hall–Kier alpha value is -1.09. The Morgan fingerprint density at radius 3 is 2.82 bits per heavy atom. The normalized spacial score (nSPS) is 21.0. The van der Waals surface area contributed by atoms with Crippen LogP contribution < -0.4 is 10.6 Å². The number of benzene rings is 1. The van der Waals surface area contributed by atoms with Gasteiger partial charge in [0.25, 0.3) is 0 Å².